The number of para-hydroxylation sites is 1. The van der Waals surface area contributed by atoms with E-state index in [-0.39, 0.29) is 6.04 Å². The topological polar surface area (TPSA) is 56.3 Å². The molecule has 0 bridgehead atoms. The van der Waals surface area contributed by atoms with Crippen LogP contribution in [0.2, 0.25) is 0 Å². The molecule has 2 aromatic rings. The minimum atomic E-state index is 0.0577. The van der Waals surface area contributed by atoms with E-state index >= 15 is 0 Å². The predicted octanol–water partition coefficient (Wildman–Crippen LogP) is 2.60. The van der Waals surface area contributed by atoms with E-state index in [1.54, 1.807) is 19.5 Å². The van der Waals surface area contributed by atoms with Gasteiger partial charge in [-0.1, -0.05) is 25.1 Å². The molecule has 5 nitrogen and oxygen atoms in total. The maximum atomic E-state index is 5.75. The number of aromatic nitrogens is 2. The lowest BCUT2D eigenvalue weighted by Gasteiger charge is -2.19. The van der Waals surface area contributed by atoms with Crippen LogP contribution in [0.1, 0.15) is 25.1 Å². The molecule has 0 fully saturated rings. The highest BCUT2D eigenvalue weighted by Gasteiger charge is 2.17. The summed E-state index contributed by atoms with van der Waals surface area (Å²) in [7, 11) is 1.61. The Bertz CT molecular complexity index is 534. The molecular weight excluding hydrogens is 266 g/mol. The van der Waals surface area contributed by atoms with Gasteiger partial charge in [-0.3, -0.25) is 4.98 Å². The first-order chi connectivity index (χ1) is 10.3. The summed E-state index contributed by atoms with van der Waals surface area (Å²) < 4.78 is 11.0. The monoisotopic (exact) mass is 287 g/mol. The Hall–Kier alpha value is -2.14. The van der Waals surface area contributed by atoms with E-state index in [0.29, 0.717) is 12.5 Å². The van der Waals surface area contributed by atoms with Crippen LogP contribution in [-0.2, 0) is 0 Å². The van der Waals surface area contributed by atoms with Crippen LogP contribution in [-0.4, -0.2) is 30.2 Å². The zero-order valence-electron chi connectivity index (χ0n) is 12.5. The number of ether oxygens (including phenoxy) is 2. The second kappa shape index (κ2) is 8.21. The van der Waals surface area contributed by atoms with Crippen molar-refractivity contribution in [3.63, 3.8) is 0 Å². The summed E-state index contributed by atoms with van der Waals surface area (Å²) in [5.41, 5.74) is 0.818. The van der Waals surface area contributed by atoms with E-state index < -0.39 is 0 Å². The van der Waals surface area contributed by atoms with Gasteiger partial charge in [0, 0.05) is 18.8 Å². The third-order valence-electron chi connectivity index (χ3n) is 3.08. The van der Waals surface area contributed by atoms with E-state index in [2.05, 4.69) is 22.2 Å². The van der Waals surface area contributed by atoms with Crippen LogP contribution in [0.4, 0.5) is 0 Å². The highest BCUT2D eigenvalue weighted by atomic mass is 16.5. The summed E-state index contributed by atoms with van der Waals surface area (Å²) >= 11 is 0. The molecule has 1 unspecified atom stereocenters. The molecule has 0 spiro atoms. The number of benzene rings is 1. The van der Waals surface area contributed by atoms with Gasteiger partial charge < -0.3 is 14.8 Å². The van der Waals surface area contributed by atoms with E-state index in [9.17, 15) is 0 Å². The van der Waals surface area contributed by atoms with E-state index in [1.165, 1.54) is 0 Å². The molecule has 0 saturated heterocycles. The van der Waals surface area contributed by atoms with Gasteiger partial charge in [0.1, 0.15) is 11.4 Å². The van der Waals surface area contributed by atoms with Gasteiger partial charge in [-0.05, 0) is 18.7 Å². The Morgan fingerprint density at radius 2 is 1.90 bits per heavy atom. The van der Waals surface area contributed by atoms with Gasteiger partial charge in [0.2, 0.25) is 5.88 Å². The Morgan fingerprint density at radius 3 is 2.62 bits per heavy atom. The number of methoxy groups -OCH3 is 1. The van der Waals surface area contributed by atoms with Crippen molar-refractivity contribution in [1.29, 1.82) is 0 Å². The van der Waals surface area contributed by atoms with Gasteiger partial charge in [-0.25, -0.2) is 4.98 Å². The molecular formula is C16H21N3O2. The van der Waals surface area contributed by atoms with E-state index in [4.69, 9.17) is 9.47 Å². The molecule has 0 radical (unpaired) electrons. The molecule has 1 aromatic carbocycles. The molecule has 0 amide bonds. The Morgan fingerprint density at radius 1 is 1.14 bits per heavy atom. The number of rotatable bonds is 8. The average molecular weight is 287 g/mol. The molecule has 21 heavy (non-hydrogen) atoms. The predicted molar refractivity (Wildman–Crippen MR) is 81.6 cm³/mol. The molecule has 0 saturated carbocycles. The normalized spacial score (nSPS) is 11.9. The summed E-state index contributed by atoms with van der Waals surface area (Å²) in [5.74, 6) is 1.43. The maximum Gasteiger partial charge on any atom is 0.236 e. The SMILES string of the molecule is CCNC(CCOc1ccccc1)c1nccnc1OC. The fraction of sp³-hybridized carbons (Fsp3) is 0.375. The van der Waals surface area contributed by atoms with Gasteiger partial charge in [0.25, 0.3) is 0 Å². The van der Waals surface area contributed by atoms with Crippen molar-refractivity contribution in [2.24, 2.45) is 0 Å². The first kappa shape index (κ1) is 15.3. The summed E-state index contributed by atoms with van der Waals surface area (Å²) in [6.07, 6.45) is 4.10. The first-order valence-electron chi connectivity index (χ1n) is 7.11. The molecule has 1 heterocycles. The van der Waals surface area contributed by atoms with Crippen LogP contribution in [0.15, 0.2) is 42.7 Å². The van der Waals surface area contributed by atoms with Crippen LogP contribution >= 0.6 is 0 Å². The van der Waals surface area contributed by atoms with Crippen molar-refractivity contribution in [1.82, 2.24) is 15.3 Å². The molecule has 2 rings (SSSR count). The first-order valence-corrected chi connectivity index (χ1v) is 7.11. The van der Waals surface area contributed by atoms with Crippen LogP contribution in [0.25, 0.3) is 0 Å². The summed E-state index contributed by atoms with van der Waals surface area (Å²) in [6.45, 7) is 3.50. The molecule has 1 aromatic heterocycles. The smallest absolute Gasteiger partial charge is 0.236 e. The lowest BCUT2D eigenvalue weighted by atomic mass is 10.1. The van der Waals surface area contributed by atoms with Gasteiger partial charge in [-0.15, -0.1) is 0 Å². The highest BCUT2D eigenvalue weighted by molar-refractivity contribution is 5.22. The fourth-order valence-corrected chi connectivity index (χ4v) is 2.13. The third-order valence-corrected chi connectivity index (χ3v) is 3.08. The second-order valence-electron chi connectivity index (χ2n) is 4.51. The molecule has 0 aliphatic heterocycles. The van der Waals surface area contributed by atoms with Crippen LogP contribution in [0.5, 0.6) is 11.6 Å². The largest absolute Gasteiger partial charge is 0.494 e. The van der Waals surface area contributed by atoms with Gasteiger partial charge in [0.15, 0.2) is 0 Å². The lowest BCUT2D eigenvalue weighted by Crippen LogP contribution is -2.24. The van der Waals surface area contributed by atoms with Crippen LogP contribution < -0.4 is 14.8 Å². The summed E-state index contributed by atoms with van der Waals surface area (Å²) in [5, 5.41) is 3.40. The Balaban J connectivity index is 1.99. The molecule has 1 atom stereocenters. The van der Waals surface area contributed by atoms with E-state index in [1.807, 2.05) is 30.3 Å². The van der Waals surface area contributed by atoms with Gasteiger partial charge in [0.05, 0.1) is 19.8 Å². The molecule has 5 heteroatoms. The van der Waals surface area contributed by atoms with E-state index in [0.717, 1.165) is 24.4 Å². The summed E-state index contributed by atoms with van der Waals surface area (Å²) in [4.78, 5) is 8.59. The Kier molecular flexibility index (Phi) is 5.97. The fourth-order valence-electron chi connectivity index (χ4n) is 2.13. The standard InChI is InChI=1S/C16H21N3O2/c1-3-17-14(15-16(20-2)19-11-10-18-15)9-12-21-13-7-5-4-6-8-13/h4-8,10-11,14,17H,3,9,12H2,1-2H3. The van der Waals surface area contributed by atoms with Crippen LogP contribution in [0.3, 0.4) is 0 Å². The summed E-state index contributed by atoms with van der Waals surface area (Å²) in [6, 6.07) is 9.85. The minimum Gasteiger partial charge on any atom is -0.494 e. The number of hydrogen-bond donors (Lipinski definition) is 1. The minimum absolute atomic E-state index is 0.0577. The van der Waals surface area contributed by atoms with Crippen molar-refractivity contribution in [3.8, 4) is 11.6 Å². The number of hydrogen-bond acceptors (Lipinski definition) is 5. The third kappa shape index (κ3) is 4.43. The number of nitrogens with zero attached hydrogens (tertiary/aromatic N) is 2. The number of nitrogens with one attached hydrogen (secondary N) is 1. The zero-order chi connectivity index (χ0) is 14.9. The lowest BCUT2D eigenvalue weighted by molar-refractivity contribution is 0.282. The van der Waals surface area contributed by atoms with Gasteiger partial charge in [-0.2, -0.15) is 0 Å². The van der Waals surface area contributed by atoms with Crippen molar-refractivity contribution in [2.45, 2.75) is 19.4 Å². The van der Waals surface area contributed by atoms with Crippen LogP contribution in [0, 0.1) is 0 Å². The van der Waals surface area contributed by atoms with Gasteiger partial charge >= 0.3 is 0 Å². The maximum absolute atomic E-state index is 5.75. The molecule has 112 valence electrons. The van der Waals surface area contributed by atoms with Crippen molar-refractivity contribution >= 4 is 0 Å². The average Bonchev–Trinajstić information content (AvgIpc) is 2.55. The Labute approximate surface area is 125 Å². The quantitative estimate of drug-likeness (QED) is 0.809. The highest BCUT2D eigenvalue weighted by Crippen LogP contribution is 2.22. The molecule has 0 aliphatic rings. The van der Waals surface area contributed by atoms with Crippen molar-refractivity contribution < 1.29 is 9.47 Å². The zero-order valence-corrected chi connectivity index (χ0v) is 12.5. The molecule has 1 N–H and O–H groups in total. The second-order valence-corrected chi connectivity index (χ2v) is 4.51. The van der Waals surface area contributed by atoms with Crippen molar-refractivity contribution in [3.05, 3.63) is 48.4 Å². The molecule has 0 aliphatic carbocycles. The van der Waals surface area contributed by atoms with Crippen molar-refractivity contribution in [2.75, 3.05) is 20.3 Å².